The molecule has 106 valence electrons. The molecule has 0 spiro atoms. The first-order valence-electron chi connectivity index (χ1n) is 7.07. The van der Waals surface area contributed by atoms with Crippen LogP contribution in [0.15, 0.2) is 6.20 Å². The average Bonchev–Trinajstić information content (AvgIpc) is 2.70. The first-order chi connectivity index (χ1) is 9.08. The summed E-state index contributed by atoms with van der Waals surface area (Å²) in [6, 6.07) is 0.194. The van der Waals surface area contributed by atoms with Crippen LogP contribution in [-0.2, 0) is 18.4 Å². The Morgan fingerprint density at radius 2 is 2.26 bits per heavy atom. The second-order valence-corrected chi connectivity index (χ2v) is 5.57. The third kappa shape index (κ3) is 3.56. The molecule has 1 aromatic heterocycles. The molecule has 1 fully saturated rings. The number of hydrogen-bond donors (Lipinski definition) is 2. The maximum absolute atomic E-state index is 12.0. The smallest absolute Gasteiger partial charge is 0.220 e. The molecule has 2 atom stereocenters. The highest BCUT2D eigenvalue weighted by Gasteiger charge is 2.24. The summed E-state index contributed by atoms with van der Waals surface area (Å²) in [6.07, 6.45) is 6.91. The van der Waals surface area contributed by atoms with E-state index in [-0.39, 0.29) is 11.9 Å². The SMILES string of the molecule is Cc1c(CNC(=O)CC2CCCCC2N)cnn1C. The fraction of sp³-hybridized carbons (Fsp3) is 0.714. The number of hydrogen-bond acceptors (Lipinski definition) is 3. The lowest BCUT2D eigenvalue weighted by Crippen LogP contribution is -2.37. The van der Waals surface area contributed by atoms with Gasteiger partial charge in [-0.25, -0.2) is 0 Å². The normalized spacial score (nSPS) is 23.3. The van der Waals surface area contributed by atoms with Gasteiger partial charge in [0.15, 0.2) is 0 Å². The van der Waals surface area contributed by atoms with Gasteiger partial charge in [0, 0.05) is 37.3 Å². The van der Waals surface area contributed by atoms with E-state index in [4.69, 9.17) is 5.73 Å². The van der Waals surface area contributed by atoms with Crippen molar-refractivity contribution in [3.8, 4) is 0 Å². The lowest BCUT2D eigenvalue weighted by Gasteiger charge is -2.27. The van der Waals surface area contributed by atoms with E-state index < -0.39 is 0 Å². The molecular formula is C14H24N4O. The zero-order valence-corrected chi connectivity index (χ0v) is 11.9. The van der Waals surface area contributed by atoms with Crippen molar-refractivity contribution >= 4 is 5.91 Å². The molecule has 0 bridgehead atoms. The van der Waals surface area contributed by atoms with Crippen LogP contribution < -0.4 is 11.1 Å². The minimum absolute atomic E-state index is 0.102. The van der Waals surface area contributed by atoms with Crippen molar-refractivity contribution in [1.82, 2.24) is 15.1 Å². The van der Waals surface area contributed by atoms with Crippen LogP contribution in [0.5, 0.6) is 0 Å². The predicted molar refractivity (Wildman–Crippen MR) is 74.3 cm³/mol. The van der Waals surface area contributed by atoms with Gasteiger partial charge in [-0.3, -0.25) is 9.48 Å². The number of nitrogens with zero attached hydrogens (tertiary/aromatic N) is 2. The summed E-state index contributed by atoms with van der Waals surface area (Å²) in [5.74, 6) is 0.453. The van der Waals surface area contributed by atoms with Crippen LogP contribution in [0.4, 0.5) is 0 Å². The number of carbonyl (C=O) groups is 1. The van der Waals surface area contributed by atoms with Crippen LogP contribution >= 0.6 is 0 Å². The molecular weight excluding hydrogens is 240 g/mol. The average molecular weight is 264 g/mol. The maximum atomic E-state index is 12.0. The zero-order valence-electron chi connectivity index (χ0n) is 11.9. The molecule has 1 aliphatic carbocycles. The van der Waals surface area contributed by atoms with Gasteiger partial charge in [-0.1, -0.05) is 12.8 Å². The molecule has 5 nitrogen and oxygen atoms in total. The van der Waals surface area contributed by atoms with Gasteiger partial charge in [0.2, 0.25) is 5.91 Å². The molecule has 1 aromatic rings. The summed E-state index contributed by atoms with van der Waals surface area (Å²) in [6.45, 7) is 2.56. The van der Waals surface area contributed by atoms with E-state index >= 15 is 0 Å². The van der Waals surface area contributed by atoms with Crippen molar-refractivity contribution in [3.63, 3.8) is 0 Å². The van der Waals surface area contributed by atoms with Crippen LogP contribution in [0, 0.1) is 12.8 Å². The Balaban J connectivity index is 1.80. The van der Waals surface area contributed by atoms with Gasteiger partial charge in [-0.05, 0) is 25.7 Å². The molecule has 1 saturated carbocycles. The second-order valence-electron chi connectivity index (χ2n) is 5.57. The number of aromatic nitrogens is 2. The van der Waals surface area contributed by atoms with E-state index in [0.29, 0.717) is 18.9 Å². The second kappa shape index (κ2) is 6.19. The standard InChI is InChI=1S/C14H24N4O/c1-10-12(9-17-18(10)2)8-16-14(19)7-11-5-3-4-6-13(11)15/h9,11,13H,3-8,15H2,1-2H3,(H,16,19). The van der Waals surface area contributed by atoms with E-state index in [9.17, 15) is 4.79 Å². The Morgan fingerprint density at radius 3 is 2.89 bits per heavy atom. The number of nitrogens with two attached hydrogens (primary N) is 1. The summed E-state index contributed by atoms with van der Waals surface area (Å²) in [4.78, 5) is 12.0. The topological polar surface area (TPSA) is 72.9 Å². The lowest BCUT2D eigenvalue weighted by atomic mass is 9.83. The minimum atomic E-state index is 0.102. The Bertz CT molecular complexity index is 441. The van der Waals surface area contributed by atoms with Crippen LogP contribution in [0.2, 0.25) is 0 Å². The first kappa shape index (κ1) is 14.1. The monoisotopic (exact) mass is 264 g/mol. The van der Waals surface area contributed by atoms with Crippen molar-refractivity contribution in [2.75, 3.05) is 0 Å². The Morgan fingerprint density at radius 1 is 1.53 bits per heavy atom. The summed E-state index contributed by atoms with van der Waals surface area (Å²) < 4.78 is 1.82. The highest BCUT2D eigenvalue weighted by Crippen LogP contribution is 2.25. The van der Waals surface area contributed by atoms with E-state index in [0.717, 1.165) is 24.1 Å². The highest BCUT2D eigenvalue weighted by molar-refractivity contribution is 5.76. The van der Waals surface area contributed by atoms with Crippen molar-refractivity contribution in [1.29, 1.82) is 0 Å². The van der Waals surface area contributed by atoms with Crippen LogP contribution in [0.3, 0.4) is 0 Å². The van der Waals surface area contributed by atoms with E-state index in [1.54, 1.807) is 0 Å². The molecule has 0 aromatic carbocycles. The predicted octanol–water partition coefficient (Wildman–Crippen LogP) is 1.25. The molecule has 0 saturated heterocycles. The third-order valence-corrected chi connectivity index (χ3v) is 4.23. The first-order valence-corrected chi connectivity index (χ1v) is 7.07. The van der Waals surface area contributed by atoms with Gasteiger partial charge >= 0.3 is 0 Å². The molecule has 19 heavy (non-hydrogen) atoms. The van der Waals surface area contributed by atoms with Crippen molar-refractivity contribution < 1.29 is 4.79 Å². The van der Waals surface area contributed by atoms with Crippen molar-refractivity contribution in [2.45, 2.75) is 51.6 Å². The molecule has 1 heterocycles. The molecule has 5 heteroatoms. The van der Waals surface area contributed by atoms with Gasteiger partial charge in [-0.15, -0.1) is 0 Å². The van der Waals surface area contributed by atoms with Gasteiger partial charge in [0.05, 0.1) is 6.20 Å². The molecule has 1 amide bonds. The van der Waals surface area contributed by atoms with Gasteiger partial charge in [-0.2, -0.15) is 5.10 Å². The largest absolute Gasteiger partial charge is 0.352 e. The van der Waals surface area contributed by atoms with E-state index in [2.05, 4.69) is 10.4 Å². The number of rotatable bonds is 4. The molecule has 2 unspecified atom stereocenters. The molecule has 0 radical (unpaired) electrons. The van der Waals surface area contributed by atoms with Gasteiger partial charge in [0.1, 0.15) is 0 Å². The quantitative estimate of drug-likeness (QED) is 0.859. The fourth-order valence-corrected chi connectivity index (χ4v) is 2.71. The highest BCUT2D eigenvalue weighted by atomic mass is 16.1. The van der Waals surface area contributed by atoms with Gasteiger partial charge < -0.3 is 11.1 Å². The van der Waals surface area contributed by atoms with Crippen LogP contribution in [0.25, 0.3) is 0 Å². The third-order valence-electron chi connectivity index (χ3n) is 4.23. The van der Waals surface area contributed by atoms with E-state index in [1.165, 1.54) is 12.8 Å². The summed E-state index contributed by atoms with van der Waals surface area (Å²) in [7, 11) is 1.90. The van der Waals surface area contributed by atoms with Crippen LogP contribution in [-0.4, -0.2) is 21.7 Å². The molecule has 1 aliphatic rings. The van der Waals surface area contributed by atoms with Crippen LogP contribution in [0.1, 0.15) is 43.4 Å². The molecule has 3 N–H and O–H groups in total. The van der Waals surface area contributed by atoms with E-state index in [1.807, 2.05) is 24.9 Å². The Hall–Kier alpha value is -1.36. The maximum Gasteiger partial charge on any atom is 0.220 e. The molecule has 2 rings (SSSR count). The summed E-state index contributed by atoms with van der Waals surface area (Å²) in [5, 5.41) is 7.14. The number of nitrogens with one attached hydrogen (secondary N) is 1. The number of carbonyl (C=O) groups excluding carboxylic acids is 1. The minimum Gasteiger partial charge on any atom is -0.352 e. The summed E-state index contributed by atoms with van der Waals surface area (Å²) in [5.41, 5.74) is 8.23. The fourth-order valence-electron chi connectivity index (χ4n) is 2.71. The number of amides is 1. The Labute approximate surface area is 114 Å². The lowest BCUT2D eigenvalue weighted by molar-refractivity contribution is -0.122. The van der Waals surface area contributed by atoms with Crippen molar-refractivity contribution in [2.24, 2.45) is 18.7 Å². The number of aryl methyl sites for hydroxylation is 1. The van der Waals surface area contributed by atoms with Crippen molar-refractivity contribution in [3.05, 3.63) is 17.5 Å². The Kier molecular flexibility index (Phi) is 4.58. The van der Waals surface area contributed by atoms with Gasteiger partial charge in [0.25, 0.3) is 0 Å². The zero-order chi connectivity index (χ0) is 13.8. The summed E-state index contributed by atoms with van der Waals surface area (Å²) >= 11 is 0. The molecule has 0 aliphatic heterocycles.